The van der Waals surface area contributed by atoms with Crippen LogP contribution in [0.2, 0.25) is 0 Å². The van der Waals surface area contributed by atoms with Crippen molar-refractivity contribution in [2.75, 3.05) is 11.1 Å². The molecule has 0 saturated carbocycles. The normalized spacial score (nSPS) is 11.3. The largest absolute Gasteiger partial charge is 0.325 e. The highest BCUT2D eigenvalue weighted by atomic mass is 32.2. The van der Waals surface area contributed by atoms with Crippen LogP contribution in [0.3, 0.4) is 0 Å². The van der Waals surface area contributed by atoms with E-state index in [1.165, 1.54) is 18.7 Å². The second-order valence-electron chi connectivity index (χ2n) is 7.22. The molecule has 4 aromatic rings. The van der Waals surface area contributed by atoms with E-state index < -0.39 is 0 Å². The molecule has 8 heteroatoms. The zero-order valence-corrected chi connectivity index (χ0v) is 17.7. The zero-order chi connectivity index (χ0) is 21.3. The van der Waals surface area contributed by atoms with Crippen molar-refractivity contribution in [3.8, 4) is 0 Å². The van der Waals surface area contributed by atoms with Crippen molar-refractivity contribution in [3.63, 3.8) is 0 Å². The molecule has 0 atom stereocenters. The van der Waals surface area contributed by atoms with Gasteiger partial charge in [-0.25, -0.2) is 4.98 Å². The van der Waals surface area contributed by atoms with Gasteiger partial charge in [-0.05, 0) is 39.0 Å². The van der Waals surface area contributed by atoms with Crippen molar-refractivity contribution in [1.29, 1.82) is 0 Å². The Kier molecular flexibility index (Phi) is 5.50. The van der Waals surface area contributed by atoms with Gasteiger partial charge in [-0.1, -0.05) is 42.1 Å². The lowest BCUT2D eigenvalue weighted by Crippen LogP contribution is -2.14. The third-order valence-corrected chi connectivity index (χ3v) is 5.54. The first kappa shape index (κ1) is 20.0. The van der Waals surface area contributed by atoms with Crippen LogP contribution >= 0.6 is 11.8 Å². The lowest BCUT2D eigenvalue weighted by Gasteiger charge is -2.10. The van der Waals surface area contributed by atoms with Gasteiger partial charge in [0.1, 0.15) is 5.52 Å². The lowest BCUT2D eigenvalue weighted by molar-refractivity contribution is -0.113. The Bertz CT molecular complexity index is 1270. The standard InChI is InChI=1S/C22H21N5O2S/c1-13(2)27-18-10-5-4-9-17(18)20-21(27)24-22(26-25-20)30-12-19(29)23-16-8-6-7-15(11-16)14(3)28/h4-11,13H,12H2,1-3H3,(H,23,29). The smallest absolute Gasteiger partial charge is 0.234 e. The van der Waals surface area contributed by atoms with E-state index in [0.717, 1.165) is 22.1 Å². The molecule has 0 radical (unpaired) electrons. The summed E-state index contributed by atoms with van der Waals surface area (Å²) >= 11 is 1.23. The number of benzene rings is 2. The van der Waals surface area contributed by atoms with Crippen LogP contribution in [-0.2, 0) is 4.79 Å². The van der Waals surface area contributed by atoms with Gasteiger partial charge in [0.05, 0.1) is 11.3 Å². The number of fused-ring (bicyclic) bond motifs is 3. The number of thioether (sulfide) groups is 1. The molecule has 152 valence electrons. The highest BCUT2D eigenvalue weighted by Gasteiger charge is 2.17. The number of hydrogen-bond acceptors (Lipinski definition) is 6. The first-order chi connectivity index (χ1) is 14.4. The van der Waals surface area contributed by atoms with E-state index >= 15 is 0 Å². The van der Waals surface area contributed by atoms with Gasteiger partial charge in [-0.2, -0.15) is 0 Å². The molecule has 0 aliphatic carbocycles. The number of rotatable bonds is 6. The van der Waals surface area contributed by atoms with E-state index in [4.69, 9.17) is 0 Å². The summed E-state index contributed by atoms with van der Waals surface area (Å²) in [5.41, 5.74) is 3.73. The Morgan fingerprint density at radius 2 is 1.90 bits per heavy atom. The molecule has 0 aliphatic rings. The number of nitrogens with one attached hydrogen (secondary N) is 1. The third-order valence-electron chi connectivity index (χ3n) is 4.70. The Balaban J connectivity index is 1.54. The second-order valence-corrected chi connectivity index (χ2v) is 8.16. The van der Waals surface area contributed by atoms with Crippen molar-refractivity contribution < 1.29 is 9.59 Å². The number of nitrogens with zero attached hydrogens (tertiary/aromatic N) is 4. The fraction of sp³-hybridized carbons (Fsp3) is 0.227. The van der Waals surface area contributed by atoms with Crippen LogP contribution in [0, 0.1) is 0 Å². The Hall–Kier alpha value is -3.26. The predicted molar refractivity (Wildman–Crippen MR) is 119 cm³/mol. The average molecular weight is 420 g/mol. The molecule has 0 unspecified atom stereocenters. The average Bonchev–Trinajstić information content (AvgIpc) is 3.06. The van der Waals surface area contributed by atoms with Gasteiger partial charge in [0.15, 0.2) is 11.4 Å². The van der Waals surface area contributed by atoms with Crippen molar-refractivity contribution in [2.45, 2.75) is 32.0 Å². The van der Waals surface area contributed by atoms with Crippen molar-refractivity contribution in [1.82, 2.24) is 19.7 Å². The van der Waals surface area contributed by atoms with E-state index in [2.05, 4.69) is 38.9 Å². The number of amides is 1. The number of para-hydroxylation sites is 1. The molecule has 30 heavy (non-hydrogen) atoms. The fourth-order valence-electron chi connectivity index (χ4n) is 3.37. The quantitative estimate of drug-likeness (QED) is 0.366. The summed E-state index contributed by atoms with van der Waals surface area (Å²) in [5, 5.41) is 12.9. The minimum Gasteiger partial charge on any atom is -0.325 e. The van der Waals surface area contributed by atoms with Crippen LogP contribution in [0.1, 0.15) is 37.2 Å². The number of carbonyl (C=O) groups is 2. The highest BCUT2D eigenvalue weighted by Crippen LogP contribution is 2.29. The van der Waals surface area contributed by atoms with Crippen LogP contribution < -0.4 is 5.32 Å². The molecule has 1 amide bonds. The van der Waals surface area contributed by atoms with Gasteiger partial charge in [0.2, 0.25) is 11.1 Å². The number of carbonyl (C=O) groups excluding carboxylic acids is 2. The molecular formula is C22H21N5O2S. The maximum atomic E-state index is 12.3. The molecule has 0 aliphatic heterocycles. The summed E-state index contributed by atoms with van der Waals surface area (Å²) in [7, 11) is 0. The summed E-state index contributed by atoms with van der Waals surface area (Å²) < 4.78 is 2.14. The van der Waals surface area contributed by atoms with E-state index in [0.29, 0.717) is 16.4 Å². The zero-order valence-electron chi connectivity index (χ0n) is 16.9. The minimum atomic E-state index is -0.200. The predicted octanol–water partition coefficient (Wildman–Crippen LogP) is 4.49. The third kappa shape index (κ3) is 3.91. The molecule has 0 spiro atoms. The first-order valence-corrected chi connectivity index (χ1v) is 10.6. The van der Waals surface area contributed by atoms with Gasteiger partial charge in [-0.3, -0.25) is 9.59 Å². The maximum absolute atomic E-state index is 12.3. The number of Topliss-reactive ketones (excluding diaryl/α,β-unsaturated/α-hetero) is 1. The van der Waals surface area contributed by atoms with Crippen molar-refractivity contribution in [2.24, 2.45) is 0 Å². The fourth-order valence-corrected chi connectivity index (χ4v) is 3.95. The van der Waals surface area contributed by atoms with E-state index in [9.17, 15) is 9.59 Å². The van der Waals surface area contributed by atoms with Gasteiger partial charge in [0, 0.05) is 22.7 Å². The summed E-state index contributed by atoms with van der Waals surface area (Å²) in [6, 6.07) is 15.1. The van der Waals surface area contributed by atoms with Gasteiger partial charge < -0.3 is 9.88 Å². The van der Waals surface area contributed by atoms with Crippen LogP contribution in [-0.4, -0.2) is 37.2 Å². The molecule has 2 aromatic heterocycles. The minimum absolute atomic E-state index is 0.0474. The molecule has 0 fully saturated rings. The molecular weight excluding hydrogens is 398 g/mol. The molecule has 2 heterocycles. The number of aromatic nitrogens is 4. The van der Waals surface area contributed by atoms with Crippen LogP contribution in [0.15, 0.2) is 53.7 Å². The first-order valence-electron chi connectivity index (χ1n) is 9.61. The van der Waals surface area contributed by atoms with Gasteiger partial charge in [-0.15, -0.1) is 10.2 Å². The molecule has 2 aromatic carbocycles. The highest BCUT2D eigenvalue weighted by molar-refractivity contribution is 7.99. The van der Waals surface area contributed by atoms with Crippen molar-refractivity contribution in [3.05, 3.63) is 54.1 Å². The second kappa shape index (κ2) is 8.23. The molecule has 0 bridgehead atoms. The maximum Gasteiger partial charge on any atom is 0.234 e. The summed E-state index contributed by atoms with van der Waals surface area (Å²) in [6.45, 7) is 5.69. The van der Waals surface area contributed by atoms with E-state index in [-0.39, 0.29) is 23.5 Å². The number of ketones is 1. The lowest BCUT2D eigenvalue weighted by atomic mass is 10.1. The Morgan fingerprint density at radius 3 is 2.67 bits per heavy atom. The molecule has 0 saturated heterocycles. The van der Waals surface area contributed by atoms with Crippen LogP contribution in [0.4, 0.5) is 5.69 Å². The van der Waals surface area contributed by atoms with Crippen LogP contribution in [0.25, 0.3) is 22.1 Å². The molecule has 1 N–H and O–H groups in total. The summed E-state index contributed by atoms with van der Waals surface area (Å²) in [6.07, 6.45) is 0. The van der Waals surface area contributed by atoms with Gasteiger partial charge >= 0.3 is 0 Å². The topological polar surface area (TPSA) is 89.8 Å². The Morgan fingerprint density at radius 1 is 1.10 bits per heavy atom. The van der Waals surface area contributed by atoms with Gasteiger partial charge in [0.25, 0.3) is 0 Å². The summed E-state index contributed by atoms with van der Waals surface area (Å²) in [4.78, 5) is 28.5. The number of anilines is 1. The SMILES string of the molecule is CC(=O)c1cccc(NC(=O)CSc2nnc3c4ccccc4n(C(C)C)c3n2)c1. The Labute approximate surface area is 177 Å². The number of hydrogen-bond donors (Lipinski definition) is 1. The molecule has 4 rings (SSSR count). The molecule has 7 nitrogen and oxygen atoms in total. The van der Waals surface area contributed by atoms with E-state index in [1.54, 1.807) is 24.3 Å². The summed E-state index contributed by atoms with van der Waals surface area (Å²) in [5.74, 6) is -0.109. The van der Waals surface area contributed by atoms with Crippen molar-refractivity contribution >= 4 is 51.2 Å². The van der Waals surface area contributed by atoms with E-state index in [1.807, 2.05) is 24.3 Å². The monoisotopic (exact) mass is 419 g/mol. The van der Waals surface area contributed by atoms with Crippen LogP contribution in [0.5, 0.6) is 0 Å².